The molecule has 2 aliphatic carbocycles. The highest BCUT2D eigenvalue weighted by atomic mass is 14.9. The molecule has 1 heteroatoms. The van der Waals surface area contributed by atoms with Crippen LogP contribution < -0.4 is 5.32 Å². The van der Waals surface area contributed by atoms with Crippen molar-refractivity contribution >= 4 is 0 Å². The van der Waals surface area contributed by atoms with Crippen molar-refractivity contribution in [2.24, 2.45) is 5.92 Å². The lowest BCUT2D eigenvalue weighted by Gasteiger charge is -2.24. The van der Waals surface area contributed by atoms with Crippen LogP contribution in [0, 0.1) is 5.92 Å². The second-order valence-electron chi connectivity index (χ2n) is 6.31. The Morgan fingerprint density at radius 1 is 0.588 bits per heavy atom. The fourth-order valence-corrected chi connectivity index (χ4v) is 3.56. The van der Waals surface area contributed by atoms with Crippen molar-refractivity contribution in [3.05, 3.63) is 0 Å². The van der Waals surface area contributed by atoms with Gasteiger partial charge in [0.1, 0.15) is 0 Å². The summed E-state index contributed by atoms with van der Waals surface area (Å²) < 4.78 is 0. The molecule has 0 radical (unpaired) electrons. The summed E-state index contributed by atoms with van der Waals surface area (Å²) in [5, 5.41) is 3.89. The Morgan fingerprint density at radius 2 is 1.06 bits per heavy atom. The van der Waals surface area contributed by atoms with Crippen molar-refractivity contribution < 1.29 is 0 Å². The van der Waals surface area contributed by atoms with E-state index < -0.39 is 0 Å². The molecule has 100 valence electrons. The quantitative estimate of drug-likeness (QED) is 0.704. The molecule has 17 heavy (non-hydrogen) atoms. The molecule has 0 unspecified atom stereocenters. The van der Waals surface area contributed by atoms with Crippen LogP contribution in [0.1, 0.15) is 83.5 Å². The summed E-state index contributed by atoms with van der Waals surface area (Å²) >= 11 is 0. The van der Waals surface area contributed by atoms with Gasteiger partial charge in [0, 0.05) is 6.04 Å². The first-order valence-corrected chi connectivity index (χ1v) is 8.18. The molecule has 2 aliphatic rings. The third-order valence-electron chi connectivity index (χ3n) is 4.78. The first-order valence-electron chi connectivity index (χ1n) is 8.18. The normalized spacial score (nSPS) is 26.1. The Balaban J connectivity index is 1.64. The molecular formula is C16H31N. The highest BCUT2D eigenvalue weighted by molar-refractivity contribution is 4.73. The van der Waals surface area contributed by atoms with Gasteiger partial charge in [-0.25, -0.2) is 0 Å². The number of hydrogen-bond donors (Lipinski definition) is 1. The molecule has 0 saturated heterocycles. The smallest absolute Gasteiger partial charge is 0.00671 e. The lowest BCUT2D eigenvalue weighted by Crippen LogP contribution is -2.33. The number of rotatable bonds is 3. The average molecular weight is 237 g/mol. The molecule has 0 heterocycles. The highest BCUT2D eigenvalue weighted by Gasteiger charge is 2.15. The van der Waals surface area contributed by atoms with E-state index in [1.807, 2.05) is 0 Å². The van der Waals surface area contributed by atoms with E-state index >= 15 is 0 Å². The van der Waals surface area contributed by atoms with Crippen LogP contribution >= 0.6 is 0 Å². The number of hydrogen-bond acceptors (Lipinski definition) is 1. The monoisotopic (exact) mass is 237 g/mol. The van der Waals surface area contributed by atoms with E-state index in [0.29, 0.717) is 0 Å². The summed E-state index contributed by atoms with van der Waals surface area (Å²) in [6, 6.07) is 0.846. The van der Waals surface area contributed by atoms with Crippen molar-refractivity contribution in [1.82, 2.24) is 5.32 Å². The summed E-state index contributed by atoms with van der Waals surface area (Å²) in [5.74, 6) is 0.989. The molecule has 2 saturated carbocycles. The molecule has 0 spiro atoms. The third-order valence-corrected chi connectivity index (χ3v) is 4.78. The minimum absolute atomic E-state index is 0.846. The zero-order valence-electron chi connectivity index (χ0n) is 11.6. The maximum Gasteiger partial charge on any atom is 0.00671 e. The van der Waals surface area contributed by atoms with Crippen molar-refractivity contribution in [1.29, 1.82) is 0 Å². The molecule has 0 aromatic carbocycles. The lowest BCUT2D eigenvalue weighted by molar-refractivity contribution is 0.344. The Kier molecular flexibility index (Phi) is 6.41. The fourth-order valence-electron chi connectivity index (χ4n) is 3.56. The SMILES string of the molecule is C1CCCC(NCC2CCCCCC2)CCC1. The summed E-state index contributed by atoms with van der Waals surface area (Å²) in [6.07, 6.45) is 19.1. The van der Waals surface area contributed by atoms with E-state index in [1.54, 1.807) is 0 Å². The molecule has 1 N–H and O–H groups in total. The van der Waals surface area contributed by atoms with Crippen LogP contribution in [0.5, 0.6) is 0 Å². The van der Waals surface area contributed by atoms with Crippen LogP contribution in [0.15, 0.2) is 0 Å². The maximum absolute atomic E-state index is 3.89. The Hall–Kier alpha value is -0.0400. The molecule has 0 atom stereocenters. The van der Waals surface area contributed by atoms with E-state index in [-0.39, 0.29) is 0 Å². The molecule has 0 aliphatic heterocycles. The lowest BCUT2D eigenvalue weighted by atomic mass is 9.95. The van der Waals surface area contributed by atoms with Crippen LogP contribution in [0.25, 0.3) is 0 Å². The Morgan fingerprint density at radius 3 is 1.65 bits per heavy atom. The van der Waals surface area contributed by atoms with E-state index in [9.17, 15) is 0 Å². The molecule has 1 nitrogen and oxygen atoms in total. The predicted octanol–water partition coefficient (Wildman–Crippen LogP) is 4.66. The van der Waals surface area contributed by atoms with Gasteiger partial charge in [0.25, 0.3) is 0 Å². The maximum atomic E-state index is 3.89. The summed E-state index contributed by atoms with van der Waals surface area (Å²) in [4.78, 5) is 0. The standard InChI is InChI=1S/C16H31N/c1-2-8-12-16(13-9-3-1)17-14-15-10-6-4-5-7-11-15/h15-17H,1-14H2. The van der Waals surface area contributed by atoms with Gasteiger partial charge >= 0.3 is 0 Å². The minimum Gasteiger partial charge on any atom is -0.314 e. The van der Waals surface area contributed by atoms with Crippen molar-refractivity contribution in [2.45, 2.75) is 89.5 Å². The van der Waals surface area contributed by atoms with Gasteiger partial charge in [0.05, 0.1) is 0 Å². The Labute approximate surface area is 108 Å². The van der Waals surface area contributed by atoms with E-state index in [1.165, 1.54) is 90.0 Å². The van der Waals surface area contributed by atoms with Crippen LogP contribution in [0.2, 0.25) is 0 Å². The van der Waals surface area contributed by atoms with Gasteiger partial charge in [-0.3, -0.25) is 0 Å². The van der Waals surface area contributed by atoms with Gasteiger partial charge in [-0.2, -0.15) is 0 Å². The molecule has 0 bridgehead atoms. The fraction of sp³-hybridized carbons (Fsp3) is 1.00. The molecule has 0 amide bonds. The second kappa shape index (κ2) is 8.13. The van der Waals surface area contributed by atoms with Gasteiger partial charge in [-0.05, 0) is 38.1 Å². The van der Waals surface area contributed by atoms with Crippen molar-refractivity contribution in [3.8, 4) is 0 Å². The molecule has 2 fully saturated rings. The first-order chi connectivity index (χ1) is 8.45. The van der Waals surface area contributed by atoms with Crippen molar-refractivity contribution in [3.63, 3.8) is 0 Å². The van der Waals surface area contributed by atoms with Gasteiger partial charge < -0.3 is 5.32 Å². The molecule has 2 rings (SSSR count). The van der Waals surface area contributed by atoms with Gasteiger partial charge in [0.2, 0.25) is 0 Å². The molecule has 0 aromatic heterocycles. The number of nitrogens with one attached hydrogen (secondary N) is 1. The predicted molar refractivity (Wildman–Crippen MR) is 75.3 cm³/mol. The highest BCUT2D eigenvalue weighted by Crippen LogP contribution is 2.23. The second-order valence-corrected chi connectivity index (χ2v) is 6.31. The zero-order chi connectivity index (χ0) is 11.8. The third kappa shape index (κ3) is 5.42. The van der Waals surface area contributed by atoms with Crippen LogP contribution in [-0.2, 0) is 0 Å². The van der Waals surface area contributed by atoms with Gasteiger partial charge in [-0.1, -0.05) is 57.8 Å². The topological polar surface area (TPSA) is 12.0 Å². The molecule has 0 aromatic rings. The van der Waals surface area contributed by atoms with Crippen LogP contribution in [-0.4, -0.2) is 12.6 Å². The van der Waals surface area contributed by atoms with Crippen LogP contribution in [0.3, 0.4) is 0 Å². The van der Waals surface area contributed by atoms with Crippen LogP contribution in [0.4, 0.5) is 0 Å². The van der Waals surface area contributed by atoms with Crippen molar-refractivity contribution in [2.75, 3.05) is 6.54 Å². The minimum atomic E-state index is 0.846. The summed E-state index contributed by atoms with van der Waals surface area (Å²) in [6.45, 7) is 1.31. The summed E-state index contributed by atoms with van der Waals surface area (Å²) in [7, 11) is 0. The largest absolute Gasteiger partial charge is 0.314 e. The zero-order valence-corrected chi connectivity index (χ0v) is 11.6. The van der Waals surface area contributed by atoms with E-state index in [4.69, 9.17) is 0 Å². The van der Waals surface area contributed by atoms with Gasteiger partial charge in [-0.15, -0.1) is 0 Å². The molecular weight excluding hydrogens is 206 g/mol. The first kappa shape index (κ1) is 13.4. The average Bonchev–Trinajstić information content (AvgIpc) is 2.56. The van der Waals surface area contributed by atoms with Gasteiger partial charge in [0.15, 0.2) is 0 Å². The van der Waals surface area contributed by atoms with E-state index in [0.717, 1.165) is 12.0 Å². The Bertz CT molecular complexity index is 174. The summed E-state index contributed by atoms with van der Waals surface area (Å²) in [5.41, 5.74) is 0. The van der Waals surface area contributed by atoms with E-state index in [2.05, 4.69) is 5.32 Å².